The second kappa shape index (κ2) is 8.70. The van der Waals surface area contributed by atoms with Gasteiger partial charge >= 0.3 is 13.2 Å². The summed E-state index contributed by atoms with van der Waals surface area (Å²) in [6.07, 6.45) is 1.25. The van der Waals surface area contributed by atoms with Crippen molar-refractivity contribution in [2.24, 2.45) is 0 Å². The van der Waals surface area contributed by atoms with Crippen LogP contribution in [-0.2, 0) is 14.0 Å². The summed E-state index contributed by atoms with van der Waals surface area (Å²) in [5.74, 6) is 0.472. The number of methoxy groups -OCH3 is 1. The van der Waals surface area contributed by atoms with E-state index < -0.39 is 30.0 Å². The first-order valence-electron chi connectivity index (χ1n) is 9.90. The smallest absolute Gasteiger partial charge is 0.492 e. The van der Waals surface area contributed by atoms with Crippen molar-refractivity contribution in [3.05, 3.63) is 34.8 Å². The number of alkyl carbamates (subject to hydrolysis) is 1. The maximum atomic E-state index is 12.2. The first-order valence-corrected chi connectivity index (χ1v) is 9.90. The van der Waals surface area contributed by atoms with E-state index in [9.17, 15) is 10.1 Å². The molecule has 0 aromatic heterocycles. The van der Waals surface area contributed by atoms with Crippen LogP contribution in [0.15, 0.2) is 23.7 Å². The Labute approximate surface area is 179 Å². The number of nitrogens with zero attached hydrogens (tertiary/aromatic N) is 1. The molecule has 7 nitrogen and oxygen atoms in total. The maximum Gasteiger partial charge on any atom is 0.492 e. The summed E-state index contributed by atoms with van der Waals surface area (Å²) in [5.41, 5.74) is -0.00775. The van der Waals surface area contributed by atoms with Gasteiger partial charge in [0.15, 0.2) is 0 Å². The van der Waals surface area contributed by atoms with Gasteiger partial charge in [-0.05, 0) is 65.6 Å². The highest BCUT2D eigenvalue weighted by atomic mass is 16.7. The Balaban J connectivity index is 2.39. The fourth-order valence-corrected chi connectivity index (χ4v) is 2.84. The zero-order valence-corrected chi connectivity index (χ0v) is 19.1. The lowest BCUT2D eigenvalue weighted by Gasteiger charge is -2.32. The third-order valence-corrected chi connectivity index (χ3v) is 5.12. The maximum absolute atomic E-state index is 12.2. The number of benzene rings is 1. The minimum atomic E-state index is -0.692. The van der Waals surface area contributed by atoms with Gasteiger partial charge in [0.05, 0.1) is 18.3 Å². The summed E-state index contributed by atoms with van der Waals surface area (Å²) in [4.78, 5) is 12.2. The fraction of sp³-hybridized carbons (Fsp3) is 0.545. The predicted octanol–water partition coefficient (Wildman–Crippen LogP) is 4.11. The molecule has 1 aromatic rings. The van der Waals surface area contributed by atoms with Crippen molar-refractivity contribution in [3.8, 4) is 11.8 Å². The lowest BCUT2D eigenvalue weighted by molar-refractivity contribution is 0.00578. The van der Waals surface area contributed by atoms with E-state index in [0.717, 1.165) is 0 Å². The Morgan fingerprint density at radius 2 is 1.83 bits per heavy atom. The summed E-state index contributed by atoms with van der Waals surface area (Å²) in [7, 11) is 0.825. The predicted molar refractivity (Wildman–Crippen MR) is 116 cm³/mol. The van der Waals surface area contributed by atoms with Crippen LogP contribution in [0.5, 0.6) is 5.75 Å². The molecule has 30 heavy (non-hydrogen) atoms. The first kappa shape index (κ1) is 23.8. The Kier molecular flexibility index (Phi) is 6.90. The molecule has 1 heterocycles. The van der Waals surface area contributed by atoms with E-state index in [1.54, 1.807) is 45.0 Å². The molecular formula is C22H31BN2O5. The normalized spacial score (nSPS) is 18.0. The summed E-state index contributed by atoms with van der Waals surface area (Å²) >= 11 is 0. The molecule has 8 heteroatoms. The molecule has 1 aliphatic rings. The van der Waals surface area contributed by atoms with Gasteiger partial charge in [-0.1, -0.05) is 18.2 Å². The number of hydrogen-bond acceptors (Lipinski definition) is 6. The van der Waals surface area contributed by atoms with Gasteiger partial charge in [-0.3, -0.25) is 0 Å². The zero-order chi connectivity index (χ0) is 22.7. The number of ether oxygens (including phenoxy) is 2. The molecule has 0 bridgehead atoms. The van der Waals surface area contributed by atoms with E-state index in [4.69, 9.17) is 18.8 Å². The number of amides is 1. The van der Waals surface area contributed by atoms with E-state index in [-0.39, 0.29) is 6.54 Å². The molecule has 162 valence electrons. The van der Waals surface area contributed by atoms with Crippen LogP contribution in [0, 0.1) is 11.3 Å². The van der Waals surface area contributed by atoms with Gasteiger partial charge in [0.25, 0.3) is 0 Å². The third kappa shape index (κ3) is 5.56. The van der Waals surface area contributed by atoms with Crippen LogP contribution in [0.25, 0.3) is 6.08 Å². The Morgan fingerprint density at radius 1 is 1.23 bits per heavy atom. The molecule has 0 spiro atoms. The van der Waals surface area contributed by atoms with E-state index in [2.05, 4.69) is 11.4 Å². The van der Waals surface area contributed by atoms with Crippen molar-refractivity contribution in [1.82, 2.24) is 5.32 Å². The topological polar surface area (TPSA) is 89.8 Å². The van der Waals surface area contributed by atoms with E-state index in [1.807, 2.05) is 27.7 Å². The van der Waals surface area contributed by atoms with E-state index in [0.29, 0.717) is 22.3 Å². The summed E-state index contributed by atoms with van der Waals surface area (Å²) in [6.45, 7) is 13.4. The number of rotatable bonds is 5. The number of hydrogen-bond donors (Lipinski definition) is 1. The van der Waals surface area contributed by atoms with Crippen LogP contribution >= 0.6 is 0 Å². The Morgan fingerprint density at radius 3 is 2.33 bits per heavy atom. The van der Waals surface area contributed by atoms with E-state index >= 15 is 0 Å². The summed E-state index contributed by atoms with van der Waals surface area (Å²) in [6, 6.07) is 7.51. The highest BCUT2D eigenvalue weighted by Crippen LogP contribution is 2.39. The van der Waals surface area contributed by atoms with Crippen molar-refractivity contribution in [2.75, 3.05) is 13.7 Å². The Bertz CT molecular complexity index is 849. The zero-order valence-electron chi connectivity index (χ0n) is 19.1. The molecule has 0 atom stereocenters. The number of carbonyl (C=O) groups is 1. The van der Waals surface area contributed by atoms with Crippen molar-refractivity contribution < 1.29 is 23.6 Å². The second-order valence-corrected chi connectivity index (χ2v) is 9.20. The second-order valence-electron chi connectivity index (χ2n) is 9.20. The number of nitrogens with one attached hydrogen (secondary N) is 1. The van der Waals surface area contributed by atoms with Gasteiger partial charge in [-0.25, -0.2) is 4.79 Å². The molecule has 1 fully saturated rings. The van der Waals surface area contributed by atoms with Crippen LogP contribution in [-0.4, -0.2) is 43.7 Å². The van der Waals surface area contributed by atoms with Crippen LogP contribution in [0.4, 0.5) is 4.79 Å². The average Bonchev–Trinajstić information content (AvgIpc) is 2.84. The monoisotopic (exact) mass is 414 g/mol. The van der Waals surface area contributed by atoms with Crippen molar-refractivity contribution in [2.45, 2.75) is 65.3 Å². The lowest BCUT2D eigenvalue weighted by atomic mass is 9.76. The van der Waals surface area contributed by atoms with E-state index in [1.165, 1.54) is 7.11 Å². The van der Waals surface area contributed by atoms with Crippen LogP contribution in [0.3, 0.4) is 0 Å². The average molecular weight is 414 g/mol. The largest absolute Gasteiger partial charge is 0.495 e. The summed E-state index contributed by atoms with van der Waals surface area (Å²) in [5, 5.41) is 12.4. The number of nitriles is 1. The molecule has 0 aliphatic carbocycles. The van der Waals surface area contributed by atoms with Crippen molar-refractivity contribution in [1.29, 1.82) is 5.26 Å². The lowest BCUT2D eigenvalue weighted by Crippen LogP contribution is -2.41. The van der Waals surface area contributed by atoms with Crippen molar-refractivity contribution in [3.63, 3.8) is 0 Å². The SMILES string of the molecule is COc1cccc(C=C(CNC(=O)OC(C)(C)C)B2OC(C)(C)C(C)(C)O2)c1C#N. The van der Waals surface area contributed by atoms with Gasteiger partial charge in [0.1, 0.15) is 23.0 Å². The highest BCUT2D eigenvalue weighted by Gasteiger charge is 2.52. The van der Waals surface area contributed by atoms with Crippen molar-refractivity contribution >= 4 is 19.3 Å². The first-order chi connectivity index (χ1) is 13.8. The van der Waals surface area contributed by atoms with Gasteiger partial charge in [-0.2, -0.15) is 5.26 Å². The molecule has 0 unspecified atom stereocenters. The fourth-order valence-electron chi connectivity index (χ4n) is 2.84. The van der Waals surface area contributed by atoms with Crippen LogP contribution in [0.2, 0.25) is 0 Å². The highest BCUT2D eigenvalue weighted by molar-refractivity contribution is 6.56. The Hall–Kier alpha value is -2.50. The molecule has 1 N–H and O–H groups in total. The quantitative estimate of drug-likeness (QED) is 0.730. The molecule has 1 aliphatic heterocycles. The standard InChI is InChI=1S/C22H31BN2O5/c1-20(2,3)28-19(26)25-14-16(23-29-21(4,5)22(6,7)30-23)12-15-10-9-11-18(27-8)17(15)13-24/h9-12H,14H2,1-8H3,(H,25,26). The molecule has 1 saturated heterocycles. The van der Waals surface area contributed by atoms with Crippen LogP contribution in [0.1, 0.15) is 59.6 Å². The molecular weight excluding hydrogens is 383 g/mol. The van der Waals surface area contributed by atoms with Gasteiger partial charge in [0.2, 0.25) is 0 Å². The molecule has 0 saturated carbocycles. The molecule has 0 radical (unpaired) electrons. The third-order valence-electron chi connectivity index (χ3n) is 5.12. The molecule has 1 amide bonds. The molecule has 1 aromatic carbocycles. The summed E-state index contributed by atoms with van der Waals surface area (Å²) < 4.78 is 23.0. The van der Waals surface area contributed by atoms with Gasteiger partial charge in [-0.15, -0.1) is 0 Å². The minimum absolute atomic E-state index is 0.133. The molecule has 2 rings (SSSR count). The minimum Gasteiger partial charge on any atom is -0.495 e. The van der Waals surface area contributed by atoms with Gasteiger partial charge < -0.3 is 24.1 Å². The van der Waals surface area contributed by atoms with Crippen LogP contribution < -0.4 is 10.1 Å². The number of carbonyl (C=O) groups excluding carboxylic acids is 1. The van der Waals surface area contributed by atoms with Gasteiger partial charge in [0, 0.05) is 6.54 Å².